The van der Waals surface area contributed by atoms with E-state index in [-0.39, 0.29) is 6.04 Å². The van der Waals surface area contributed by atoms with Crippen molar-refractivity contribution in [1.82, 2.24) is 10.3 Å². The van der Waals surface area contributed by atoms with Crippen LogP contribution in [-0.4, -0.2) is 11.5 Å². The van der Waals surface area contributed by atoms with Gasteiger partial charge in [0.15, 0.2) is 0 Å². The van der Waals surface area contributed by atoms with E-state index in [1.165, 1.54) is 0 Å². The van der Waals surface area contributed by atoms with E-state index in [0.717, 1.165) is 31.8 Å². The highest BCUT2D eigenvalue weighted by Gasteiger charge is 2.17. The fraction of sp³-hybridized carbons (Fsp3) is 0.214. The van der Waals surface area contributed by atoms with Crippen LogP contribution in [-0.2, 0) is 0 Å². The highest BCUT2D eigenvalue weighted by Crippen LogP contribution is 2.29. The topological polar surface area (TPSA) is 24.9 Å². The maximum atomic E-state index is 6.07. The maximum Gasteiger partial charge on any atom is 0.0763 e. The van der Waals surface area contributed by atoms with Crippen LogP contribution in [0.25, 0.3) is 0 Å². The molecule has 0 radical (unpaired) electrons. The number of aromatic nitrogens is 1. The van der Waals surface area contributed by atoms with E-state index in [9.17, 15) is 0 Å². The molecule has 1 N–H and O–H groups in total. The summed E-state index contributed by atoms with van der Waals surface area (Å²) in [6.07, 6.45) is 1.80. The molecular weight excluding hydrogens is 391 g/mol. The van der Waals surface area contributed by atoms with Crippen LogP contribution in [0.2, 0.25) is 5.02 Å². The monoisotopic (exact) mass is 402 g/mol. The quantitative estimate of drug-likeness (QED) is 0.779. The summed E-state index contributed by atoms with van der Waals surface area (Å²) < 4.78 is 1.91. The first kappa shape index (κ1) is 15.0. The summed E-state index contributed by atoms with van der Waals surface area (Å²) in [5, 5.41) is 4.17. The lowest BCUT2D eigenvalue weighted by atomic mass is 10.0. The van der Waals surface area contributed by atoms with Gasteiger partial charge in [-0.2, -0.15) is 0 Å². The molecule has 1 aromatic heterocycles. The van der Waals surface area contributed by atoms with Crippen molar-refractivity contribution in [3.63, 3.8) is 0 Å². The lowest BCUT2D eigenvalue weighted by Crippen LogP contribution is -2.23. The van der Waals surface area contributed by atoms with Gasteiger partial charge in [-0.1, -0.05) is 30.7 Å². The van der Waals surface area contributed by atoms with Gasteiger partial charge < -0.3 is 5.32 Å². The average molecular weight is 405 g/mol. The van der Waals surface area contributed by atoms with Crippen LogP contribution < -0.4 is 5.32 Å². The molecule has 0 saturated heterocycles. The number of nitrogens with zero attached hydrogens (tertiary/aromatic N) is 1. The van der Waals surface area contributed by atoms with Crippen molar-refractivity contribution >= 4 is 43.5 Å². The average Bonchev–Trinajstić information content (AvgIpc) is 2.37. The molecule has 2 rings (SSSR count). The molecule has 0 saturated carbocycles. The Morgan fingerprint density at radius 2 is 2.11 bits per heavy atom. The molecule has 5 heteroatoms. The number of hydrogen-bond acceptors (Lipinski definition) is 2. The van der Waals surface area contributed by atoms with Crippen molar-refractivity contribution < 1.29 is 0 Å². The summed E-state index contributed by atoms with van der Waals surface area (Å²) in [6, 6.07) is 9.86. The van der Waals surface area contributed by atoms with Gasteiger partial charge in [0, 0.05) is 20.2 Å². The minimum atomic E-state index is 0.0196. The number of rotatable bonds is 4. The molecule has 1 heterocycles. The van der Waals surface area contributed by atoms with Crippen LogP contribution in [0.3, 0.4) is 0 Å². The molecule has 0 fully saturated rings. The van der Waals surface area contributed by atoms with E-state index < -0.39 is 0 Å². The largest absolute Gasteiger partial charge is 0.305 e. The number of halogens is 3. The summed E-state index contributed by atoms with van der Waals surface area (Å²) in [5.74, 6) is 0. The van der Waals surface area contributed by atoms with Crippen LogP contribution in [0.4, 0.5) is 0 Å². The number of pyridine rings is 1. The normalized spacial score (nSPS) is 12.4. The maximum absolute atomic E-state index is 6.07. The zero-order valence-corrected chi connectivity index (χ0v) is 14.3. The Morgan fingerprint density at radius 1 is 1.32 bits per heavy atom. The summed E-state index contributed by atoms with van der Waals surface area (Å²) in [7, 11) is 0. The molecule has 1 unspecified atom stereocenters. The molecule has 0 spiro atoms. The highest BCUT2D eigenvalue weighted by molar-refractivity contribution is 9.11. The third-order valence-electron chi connectivity index (χ3n) is 2.70. The Labute approximate surface area is 134 Å². The first-order chi connectivity index (χ1) is 9.11. The van der Waals surface area contributed by atoms with E-state index in [4.69, 9.17) is 11.6 Å². The standard InChI is InChI=1S/C14H13Br2ClN2/c1-2-18-13(9-4-3-5-11(17)6-9)14-12(16)7-10(15)8-19-14/h3-8,13,18H,2H2,1H3. The van der Waals surface area contributed by atoms with Gasteiger partial charge in [-0.25, -0.2) is 0 Å². The Hall–Kier alpha value is -0.420. The second kappa shape index (κ2) is 6.84. The molecule has 2 nitrogen and oxygen atoms in total. The lowest BCUT2D eigenvalue weighted by molar-refractivity contribution is 0.613. The molecule has 0 aliphatic heterocycles. The predicted molar refractivity (Wildman–Crippen MR) is 86.6 cm³/mol. The van der Waals surface area contributed by atoms with Crippen molar-refractivity contribution in [2.24, 2.45) is 0 Å². The third kappa shape index (κ3) is 3.78. The Balaban J connectivity index is 2.45. The molecule has 0 amide bonds. The SMILES string of the molecule is CCNC(c1cccc(Cl)c1)c1ncc(Br)cc1Br. The van der Waals surface area contributed by atoms with Gasteiger partial charge in [0.25, 0.3) is 0 Å². The van der Waals surface area contributed by atoms with Gasteiger partial charge in [-0.15, -0.1) is 0 Å². The fourth-order valence-corrected chi connectivity index (χ4v) is 3.32. The van der Waals surface area contributed by atoms with Crippen LogP contribution >= 0.6 is 43.5 Å². The van der Waals surface area contributed by atoms with Gasteiger partial charge in [0.05, 0.1) is 11.7 Å². The lowest BCUT2D eigenvalue weighted by Gasteiger charge is -2.19. The molecule has 100 valence electrons. The van der Waals surface area contributed by atoms with E-state index in [0.29, 0.717) is 0 Å². The first-order valence-corrected chi connectivity index (χ1v) is 7.88. The Morgan fingerprint density at radius 3 is 2.74 bits per heavy atom. The van der Waals surface area contributed by atoms with Crippen LogP contribution in [0.5, 0.6) is 0 Å². The molecule has 1 aromatic carbocycles. The second-order valence-electron chi connectivity index (χ2n) is 4.07. The third-order valence-corrected chi connectivity index (χ3v) is 4.00. The molecular formula is C14H13Br2ClN2. The molecule has 0 bridgehead atoms. The Kier molecular flexibility index (Phi) is 5.39. The van der Waals surface area contributed by atoms with E-state index >= 15 is 0 Å². The van der Waals surface area contributed by atoms with Gasteiger partial charge in [-0.05, 0) is 62.2 Å². The van der Waals surface area contributed by atoms with Crippen molar-refractivity contribution in [2.75, 3.05) is 6.54 Å². The summed E-state index contributed by atoms with van der Waals surface area (Å²) in [4.78, 5) is 4.50. The molecule has 0 aliphatic carbocycles. The van der Waals surface area contributed by atoms with Gasteiger partial charge in [0.2, 0.25) is 0 Å². The van der Waals surface area contributed by atoms with E-state index in [2.05, 4.69) is 55.2 Å². The van der Waals surface area contributed by atoms with Crippen LogP contribution in [0.1, 0.15) is 24.2 Å². The summed E-state index contributed by atoms with van der Waals surface area (Å²) >= 11 is 13.1. The second-order valence-corrected chi connectivity index (χ2v) is 6.27. The Bertz CT molecular complexity index is 575. The van der Waals surface area contributed by atoms with Crippen molar-refractivity contribution in [2.45, 2.75) is 13.0 Å². The summed E-state index contributed by atoms with van der Waals surface area (Å²) in [5.41, 5.74) is 2.05. The van der Waals surface area contributed by atoms with E-state index in [1.807, 2.05) is 24.3 Å². The number of benzene rings is 1. The minimum absolute atomic E-state index is 0.0196. The van der Waals surface area contributed by atoms with E-state index in [1.54, 1.807) is 6.20 Å². The summed E-state index contributed by atoms with van der Waals surface area (Å²) in [6.45, 7) is 2.92. The smallest absolute Gasteiger partial charge is 0.0763 e. The predicted octanol–water partition coefficient (Wildman–Crippen LogP) is 4.96. The molecule has 1 atom stereocenters. The number of nitrogens with one attached hydrogen (secondary N) is 1. The van der Waals surface area contributed by atoms with Crippen LogP contribution in [0.15, 0.2) is 45.5 Å². The highest BCUT2D eigenvalue weighted by atomic mass is 79.9. The first-order valence-electron chi connectivity index (χ1n) is 5.91. The molecule has 19 heavy (non-hydrogen) atoms. The van der Waals surface area contributed by atoms with Crippen molar-refractivity contribution in [3.8, 4) is 0 Å². The zero-order chi connectivity index (χ0) is 13.8. The van der Waals surface area contributed by atoms with Gasteiger partial charge in [0.1, 0.15) is 0 Å². The van der Waals surface area contributed by atoms with Gasteiger partial charge >= 0.3 is 0 Å². The number of hydrogen-bond donors (Lipinski definition) is 1. The minimum Gasteiger partial charge on any atom is -0.305 e. The zero-order valence-electron chi connectivity index (χ0n) is 10.3. The molecule has 0 aliphatic rings. The van der Waals surface area contributed by atoms with Crippen LogP contribution in [0, 0.1) is 0 Å². The van der Waals surface area contributed by atoms with Gasteiger partial charge in [-0.3, -0.25) is 4.98 Å². The van der Waals surface area contributed by atoms with Crippen molar-refractivity contribution in [1.29, 1.82) is 0 Å². The molecule has 2 aromatic rings. The van der Waals surface area contributed by atoms with Crippen molar-refractivity contribution in [3.05, 3.63) is 61.8 Å². The fourth-order valence-electron chi connectivity index (χ4n) is 1.90.